The molecule has 0 saturated heterocycles. The van der Waals surface area contributed by atoms with Gasteiger partial charge in [-0.25, -0.2) is 0 Å². The van der Waals surface area contributed by atoms with Crippen molar-refractivity contribution in [1.82, 2.24) is 0 Å². The molecule has 17 heavy (non-hydrogen) atoms. The Bertz CT molecular complexity index is 450. The number of benzene rings is 1. The minimum atomic E-state index is -0.431. The van der Waals surface area contributed by atoms with Crippen molar-refractivity contribution >= 4 is 17.3 Å². The van der Waals surface area contributed by atoms with E-state index in [-0.39, 0.29) is 5.54 Å². The van der Waals surface area contributed by atoms with Crippen LogP contribution >= 0.6 is 0 Å². The molecule has 2 rings (SSSR count). The number of carbonyl (C=O) groups is 1. The van der Waals surface area contributed by atoms with Gasteiger partial charge in [0.25, 0.3) is 5.91 Å². The number of primary amides is 1. The van der Waals surface area contributed by atoms with Crippen LogP contribution in [-0.2, 0) is 0 Å². The van der Waals surface area contributed by atoms with Gasteiger partial charge >= 0.3 is 0 Å². The standard InChI is InChI=1S/C13H19N3O/c1-13(2,8-3-4-8)16-11-7-9(14)5-6-10(11)12(15)17/h5-8,16H,3-4,14H2,1-2H3,(H2,15,17). The summed E-state index contributed by atoms with van der Waals surface area (Å²) in [6.07, 6.45) is 2.46. The van der Waals surface area contributed by atoms with Crippen LogP contribution < -0.4 is 16.8 Å². The molecule has 4 heteroatoms. The van der Waals surface area contributed by atoms with Crippen LogP contribution in [0.3, 0.4) is 0 Å². The van der Waals surface area contributed by atoms with E-state index in [1.165, 1.54) is 12.8 Å². The maximum absolute atomic E-state index is 11.3. The lowest BCUT2D eigenvalue weighted by Gasteiger charge is -2.28. The van der Waals surface area contributed by atoms with Crippen molar-refractivity contribution in [2.75, 3.05) is 11.1 Å². The van der Waals surface area contributed by atoms with Crippen molar-refractivity contribution in [3.63, 3.8) is 0 Å². The quantitative estimate of drug-likeness (QED) is 0.695. The van der Waals surface area contributed by atoms with E-state index in [0.29, 0.717) is 17.2 Å². The summed E-state index contributed by atoms with van der Waals surface area (Å²) in [6, 6.07) is 5.13. The minimum absolute atomic E-state index is 0.0298. The van der Waals surface area contributed by atoms with Crippen LogP contribution in [0.2, 0.25) is 0 Å². The van der Waals surface area contributed by atoms with Crippen molar-refractivity contribution in [2.45, 2.75) is 32.2 Å². The molecule has 1 aliphatic carbocycles. The molecule has 1 saturated carbocycles. The van der Waals surface area contributed by atoms with Gasteiger partial charge in [-0.15, -0.1) is 0 Å². The van der Waals surface area contributed by atoms with Gasteiger partial charge in [-0.3, -0.25) is 4.79 Å². The predicted octanol–water partition coefficient (Wildman–Crippen LogP) is 1.97. The number of amides is 1. The van der Waals surface area contributed by atoms with E-state index in [4.69, 9.17) is 11.5 Å². The number of rotatable bonds is 4. The molecule has 0 aromatic heterocycles. The monoisotopic (exact) mass is 233 g/mol. The summed E-state index contributed by atoms with van der Waals surface area (Å²) in [6.45, 7) is 4.28. The fraction of sp³-hybridized carbons (Fsp3) is 0.462. The van der Waals surface area contributed by atoms with E-state index in [9.17, 15) is 4.79 Å². The molecular formula is C13H19N3O. The van der Waals surface area contributed by atoms with E-state index in [1.807, 2.05) is 0 Å². The molecule has 1 amide bonds. The van der Waals surface area contributed by atoms with Gasteiger partial charge < -0.3 is 16.8 Å². The number of nitrogens with two attached hydrogens (primary N) is 2. The van der Waals surface area contributed by atoms with Crippen LogP contribution in [-0.4, -0.2) is 11.4 Å². The SMILES string of the molecule is CC(C)(Nc1cc(N)ccc1C(N)=O)C1CC1. The molecule has 4 nitrogen and oxygen atoms in total. The summed E-state index contributed by atoms with van der Waals surface area (Å²) >= 11 is 0. The Morgan fingerprint density at radius 1 is 1.41 bits per heavy atom. The topological polar surface area (TPSA) is 81.1 Å². The molecule has 1 aromatic carbocycles. The van der Waals surface area contributed by atoms with E-state index in [1.54, 1.807) is 18.2 Å². The second-order valence-electron chi connectivity index (χ2n) is 5.29. The highest BCUT2D eigenvalue weighted by molar-refractivity contribution is 5.99. The normalized spacial score (nSPS) is 15.6. The fourth-order valence-corrected chi connectivity index (χ4v) is 2.13. The largest absolute Gasteiger partial charge is 0.399 e. The highest BCUT2D eigenvalue weighted by Gasteiger charge is 2.38. The maximum Gasteiger partial charge on any atom is 0.250 e. The van der Waals surface area contributed by atoms with Crippen LogP contribution in [0.4, 0.5) is 11.4 Å². The fourth-order valence-electron chi connectivity index (χ4n) is 2.13. The highest BCUT2D eigenvalue weighted by atomic mass is 16.1. The zero-order valence-corrected chi connectivity index (χ0v) is 10.3. The third kappa shape index (κ3) is 2.52. The summed E-state index contributed by atoms with van der Waals surface area (Å²) in [5.41, 5.74) is 12.9. The molecule has 5 N–H and O–H groups in total. The van der Waals surface area contributed by atoms with Crippen molar-refractivity contribution in [1.29, 1.82) is 0 Å². The first-order valence-corrected chi connectivity index (χ1v) is 5.87. The molecule has 0 radical (unpaired) electrons. The molecule has 1 aromatic rings. The number of nitrogen functional groups attached to an aromatic ring is 1. The van der Waals surface area contributed by atoms with Gasteiger partial charge in [-0.1, -0.05) is 0 Å². The Morgan fingerprint density at radius 2 is 2.06 bits per heavy atom. The van der Waals surface area contributed by atoms with Crippen LogP contribution in [0.25, 0.3) is 0 Å². The second-order valence-corrected chi connectivity index (χ2v) is 5.29. The van der Waals surface area contributed by atoms with E-state index in [0.717, 1.165) is 5.69 Å². The van der Waals surface area contributed by atoms with E-state index < -0.39 is 5.91 Å². The molecular weight excluding hydrogens is 214 g/mol. The molecule has 0 heterocycles. The van der Waals surface area contributed by atoms with Crippen molar-refractivity contribution in [3.05, 3.63) is 23.8 Å². The van der Waals surface area contributed by atoms with Crippen LogP contribution in [0.1, 0.15) is 37.0 Å². The molecule has 1 aliphatic rings. The summed E-state index contributed by atoms with van der Waals surface area (Å²) in [4.78, 5) is 11.3. The smallest absolute Gasteiger partial charge is 0.250 e. The minimum Gasteiger partial charge on any atom is -0.399 e. The molecule has 0 unspecified atom stereocenters. The number of hydrogen-bond acceptors (Lipinski definition) is 3. The first-order valence-electron chi connectivity index (χ1n) is 5.87. The zero-order valence-electron chi connectivity index (χ0n) is 10.3. The Hall–Kier alpha value is -1.71. The van der Waals surface area contributed by atoms with Gasteiger partial charge in [-0.2, -0.15) is 0 Å². The summed E-state index contributed by atoms with van der Waals surface area (Å²) in [7, 11) is 0. The first-order chi connectivity index (χ1) is 7.90. The average molecular weight is 233 g/mol. The molecule has 0 atom stereocenters. The Morgan fingerprint density at radius 3 is 2.59 bits per heavy atom. The van der Waals surface area contributed by atoms with Gasteiger partial charge in [0.1, 0.15) is 0 Å². The number of hydrogen-bond donors (Lipinski definition) is 3. The third-order valence-corrected chi connectivity index (χ3v) is 3.36. The summed E-state index contributed by atoms with van der Waals surface area (Å²) < 4.78 is 0. The van der Waals surface area contributed by atoms with Gasteiger partial charge in [0.05, 0.1) is 5.56 Å². The lowest BCUT2D eigenvalue weighted by Crippen LogP contribution is -2.34. The molecule has 1 fully saturated rings. The summed E-state index contributed by atoms with van der Waals surface area (Å²) in [5.74, 6) is 0.226. The molecule has 0 spiro atoms. The molecule has 0 aliphatic heterocycles. The van der Waals surface area contributed by atoms with Crippen molar-refractivity contribution in [3.8, 4) is 0 Å². The number of nitrogens with one attached hydrogen (secondary N) is 1. The Labute approximate surface area is 101 Å². The molecule has 0 bridgehead atoms. The van der Waals surface area contributed by atoms with Crippen LogP contribution in [0, 0.1) is 5.92 Å². The average Bonchev–Trinajstić information content (AvgIpc) is 2.99. The third-order valence-electron chi connectivity index (χ3n) is 3.36. The van der Waals surface area contributed by atoms with Crippen LogP contribution in [0.5, 0.6) is 0 Å². The van der Waals surface area contributed by atoms with E-state index in [2.05, 4.69) is 19.2 Å². The van der Waals surface area contributed by atoms with E-state index >= 15 is 0 Å². The Kier molecular flexibility index (Phi) is 2.73. The highest BCUT2D eigenvalue weighted by Crippen LogP contribution is 2.41. The Balaban J connectivity index is 2.30. The predicted molar refractivity (Wildman–Crippen MR) is 69.8 cm³/mol. The van der Waals surface area contributed by atoms with Crippen LogP contribution in [0.15, 0.2) is 18.2 Å². The van der Waals surface area contributed by atoms with Gasteiger partial charge in [0, 0.05) is 16.9 Å². The van der Waals surface area contributed by atoms with Crippen molar-refractivity contribution < 1.29 is 4.79 Å². The second kappa shape index (κ2) is 3.95. The van der Waals surface area contributed by atoms with Gasteiger partial charge in [0.2, 0.25) is 0 Å². The summed E-state index contributed by atoms with van der Waals surface area (Å²) in [5, 5.41) is 3.39. The number of anilines is 2. The molecule has 92 valence electrons. The maximum atomic E-state index is 11.3. The van der Waals surface area contributed by atoms with Crippen molar-refractivity contribution in [2.24, 2.45) is 11.7 Å². The van der Waals surface area contributed by atoms with Gasteiger partial charge in [-0.05, 0) is 50.8 Å². The number of carbonyl (C=O) groups excluding carboxylic acids is 1. The lowest BCUT2D eigenvalue weighted by atomic mass is 9.97. The first kappa shape index (κ1) is 11.8. The lowest BCUT2D eigenvalue weighted by molar-refractivity contribution is 0.100. The zero-order chi connectivity index (χ0) is 12.6. The van der Waals surface area contributed by atoms with Gasteiger partial charge in [0.15, 0.2) is 0 Å².